The van der Waals surface area contributed by atoms with Crippen molar-refractivity contribution in [3.05, 3.63) is 0 Å². The summed E-state index contributed by atoms with van der Waals surface area (Å²) in [6.45, 7) is 5.54. The van der Waals surface area contributed by atoms with E-state index in [0.717, 1.165) is 46.8 Å². The molecule has 4 saturated heterocycles. The summed E-state index contributed by atoms with van der Waals surface area (Å²) >= 11 is 0. The molecule has 12 amide bonds. The molecule has 12 atom stereocenters. The maximum absolute atomic E-state index is 16.1. The van der Waals surface area contributed by atoms with Crippen LogP contribution in [0.3, 0.4) is 0 Å². The number of hydrogen-bond acceptors (Lipinski definition) is 14. The number of nitrogens with one attached hydrogen (secondary N) is 3. The SMILES string of the molecule is CCO[C@@H]1C[C@H]2C(=O)NC3(CCC3)C(=O)N(C)[C@@H](C3CCCC3)C(=O)N(CC)[C@H](C(=O)N3CCOCC3)CC(=O)N(C)[C@@H](CC3CCCCC3)C(=O)N[C@@H]([C@@H](C)CC)C(=O)N(C)CC(=O)N(C)[C@H]3CCCCCN(C3=O)[C@@H](CC3CCC(C(F)(F)F)CC3)C(=O)N(C)CC(=O)N[C@@H](CCC3CC(F)C(C(F)(F)F)C(F)C3)C(=O)N2C1. The number of fused-ring (bicyclic) bond motifs is 3. The maximum Gasteiger partial charge on any atom is 0.397 e. The number of morpholine rings is 1. The molecule has 0 aromatic heterocycles. The van der Waals surface area contributed by atoms with Crippen molar-refractivity contribution in [3.8, 4) is 0 Å². The fourth-order valence-electron chi connectivity index (χ4n) is 19.6. The third-order valence-corrected chi connectivity index (χ3v) is 26.9. The van der Waals surface area contributed by atoms with E-state index in [-0.39, 0.29) is 129 Å². The number of hydrogen-bond donors (Lipinski definition) is 3. The van der Waals surface area contributed by atoms with Crippen LogP contribution in [-0.2, 0) is 67.0 Å². The molecule has 5 aliphatic carbocycles. The van der Waals surface area contributed by atoms with Crippen LogP contribution in [0.4, 0.5) is 35.1 Å². The highest BCUT2D eigenvalue weighted by atomic mass is 19.4. The van der Waals surface area contributed by atoms with Gasteiger partial charge in [0.2, 0.25) is 70.9 Å². The van der Waals surface area contributed by atoms with Gasteiger partial charge in [0.25, 0.3) is 0 Å². The van der Waals surface area contributed by atoms with Crippen LogP contribution in [0.25, 0.3) is 0 Å². The van der Waals surface area contributed by atoms with Crippen LogP contribution in [0, 0.1) is 41.4 Å². The standard InChI is InChI=1S/C81H126F8N12O14/c1-10-49(4)68-76(111)94(6)48-66(104)95(7)59-26-17-14-20-35-100(75(59)110)62(43-51-27-30-54(31-28-51)80(84,85)86)73(108)93(5)47-64(102)90-58(32-29-52-40-56(82)67(57(83)41-52)81(87,88)89)72(107)101-46-55(115-12-3)44-61(101)71(106)92-79(33-21-34-79)78(113)97(9)69(53-24-18-19-25-53)77(112)99(11-2)63(74(109)98-36-38-114-39-37-98)45-65(103)96(8)60(70(105)91-68)42-50-22-15-13-16-23-50/h49-63,67-69H,10-48H2,1-9H3,(H,90,102)(H,91,105)(H,92,106)/t49-,51?,52?,54?,55+,56?,57?,58-,59-,60-,61-,62-,63-,67?,68-,69-/m0/s1. The lowest BCUT2D eigenvalue weighted by Crippen LogP contribution is -2.68. The zero-order chi connectivity index (χ0) is 84.1. The number of halogens is 8. The molecule has 4 aliphatic heterocycles. The summed E-state index contributed by atoms with van der Waals surface area (Å²) in [6.07, 6.45) is -10.8. The average Bonchev–Trinajstić information content (AvgIpc) is 1.71. The minimum atomic E-state index is -5.22. The predicted molar refractivity (Wildman–Crippen MR) is 406 cm³/mol. The largest absolute Gasteiger partial charge is 0.397 e. The molecule has 2 unspecified atom stereocenters. The molecule has 650 valence electrons. The smallest absolute Gasteiger partial charge is 0.378 e. The normalized spacial score (nSPS) is 32.4. The number of carbonyl (C=O) groups is 12. The fourth-order valence-corrected chi connectivity index (χ4v) is 19.6. The fraction of sp³-hybridized carbons (Fsp3) is 0.852. The van der Waals surface area contributed by atoms with Crippen molar-refractivity contribution in [1.29, 1.82) is 0 Å². The predicted octanol–water partition coefficient (Wildman–Crippen LogP) is 7.66. The second-order valence-corrected chi connectivity index (χ2v) is 34.5. The minimum absolute atomic E-state index is 0.0105. The van der Waals surface area contributed by atoms with Gasteiger partial charge < -0.3 is 69.5 Å². The Balaban J connectivity index is 1.12. The molecule has 0 aromatic carbocycles. The Morgan fingerprint density at radius 2 is 1.17 bits per heavy atom. The summed E-state index contributed by atoms with van der Waals surface area (Å²) in [5, 5.41) is 8.61. The van der Waals surface area contributed by atoms with Gasteiger partial charge in [-0.2, -0.15) is 26.3 Å². The van der Waals surface area contributed by atoms with Crippen LogP contribution in [-0.4, -0.2) is 301 Å². The summed E-state index contributed by atoms with van der Waals surface area (Å²) in [5.74, 6) is -16.3. The second-order valence-electron chi connectivity index (χ2n) is 34.5. The lowest BCUT2D eigenvalue weighted by atomic mass is 9.74. The number of rotatable bonds is 14. The van der Waals surface area contributed by atoms with E-state index in [1.165, 1.54) is 64.6 Å². The molecule has 3 N–H and O–H groups in total. The lowest BCUT2D eigenvalue weighted by molar-refractivity contribution is -0.219. The molecule has 9 aliphatic rings. The first-order chi connectivity index (χ1) is 54.4. The number of alkyl halides is 8. The van der Waals surface area contributed by atoms with Crippen LogP contribution in [0.1, 0.15) is 214 Å². The molecule has 2 bridgehead atoms. The molecule has 9 rings (SSSR count). The maximum atomic E-state index is 16.1. The highest BCUT2D eigenvalue weighted by molar-refractivity contribution is 6.01. The van der Waals surface area contributed by atoms with Gasteiger partial charge in [0.1, 0.15) is 72.1 Å². The van der Waals surface area contributed by atoms with E-state index in [2.05, 4.69) is 16.0 Å². The molecule has 1 spiro atoms. The van der Waals surface area contributed by atoms with Gasteiger partial charge in [-0.25, -0.2) is 8.78 Å². The highest BCUT2D eigenvalue weighted by Crippen LogP contribution is 2.46. The Hall–Kier alpha value is -7.00. The molecule has 34 heteroatoms. The molecule has 26 nitrogen and oxygen atoms in total. The minimum Gasteiger partial charge on any atom is -0.378 e. The number of carbonyl (C=O) groups excluding carboxylic acids is 12. The van der Waals surface area contributed by atoms with Crippen molar-refractivity contribution in [2.24, 2.45) is 41.4 Å². The van der Waals surface area contributed by atoms with Crippen molar-refractivity contribution in [2.75, 3.05) is 101 Å². The van der Waals surface area contributed by atoms with Gasteiger partial charge in [-0.1, -0.05) is 78.1 Å². The zero-order valence-electron chi connectivity index (χ0n) is 68.7. The number of amides is 12. The van der Waals surface area contributed by atoms with Crippen molar-refractivity contribution in [1.82, 2.24) is 60.0 Å². The monoisotopic (exact) mass is 1640 g/mol. The first kappa shape index (κ1) is 91.9. The van der Waals surface area contributed by atoms with Crippen molar-refractivity contribution >= 4 is 70.9 Å². The Labute approximate surface area is 671 Å². The van der Waals surface area contributed by atoms with E-state index in [9.17, 15) is 35.9 Å². The molecule has 5 saturated carbocycles. The summed E-state index contributed by atoms with van der Waals surface area (Å²) in [6, 6.07) is -11.2. The van der Waals surface area contributed by atoms with E-state index in [4.69, 9.17) is 9.47 Å². The lowest BCUT2D eigenvalue weighted by Gasteiger charge is -2.47. The van der Waals surface area contributed by atoms with Gasteiger partial charge in [0.05, 0.1) is 44.7 Å². The molecule has 0 radical (unpaired) electrons. The van der Waals surface area contributed by atoms with E-state index >= 15 is 56.7 Å². The topological polar surface area (TPSA) is 289 Å². The summed E-state index contributed by atoms with van der Waals surface area (Å²) in [4.78, 5) is 196. The Bertz CT molecular complexity index is 3370. The molecule has 4 heterocycles. The van der Waals surface area contributed by atoms with Crippen LogP contribution in [0.5, 0.6) is 0 Å². The van der Waals surface area contributed by atoms with Gasteiger partial charge in [-0.05, 0) is 153 Å². The van der Waals surface area contributed by atoms with E-state index in [0.29, 0.717) is 57.8 Å². The summed E-state index contributed by atoms with van der Waals surface area (Å²) < 4.78 is 128. The first-order valence-corrected chi connectivity index (χ1v) is 42.4. The van der Waals surface area contributed by atoms with Crippen LogP contribution >= 0.6 is 0 Å². The Kier molecular flexibility index (Phi) is 32.5. The van der Waals surface area contributed by atoms with Gasteiger partial charge in [-0.15, -0.1) is 0 Å². The summed E-state index contributed by atoms with van der Waals surface area (Å²) in [7, 11) is 6.88. The van der Waals surface area contributed by atoms with Crippen molar-refractivity contribution < 1.29 is 102 Å². The number of nitrogens with zero attached hydrogens (tertiary/aromatic N) is 9. The molecule has 9 fully saturated rings. The van der Waals surface area contributed by atoms with Gasteiger partial charge >= 0.3 is 12.4 Å². The molecule has 0 aromatic rings. The Morgan fingerprint density at radius 1 is 0.574 bits per heavy atom. The van der Waals surface area contributed by atoms with Gasteiger partial charge in [0, 0.05) is 81.0 Å². The van der Waals surface area contributed by atoms with Gasteiger partial charge in [0.15, 0.2) is 0 Å². The third-order valence-electron chi connectivity index (χ3n) is 26.9. The van der Waals surface area contributed by atoms with Crippen LogP contribution < -0.4 is 16.0 Å². The number of likely N-dealkylation sites (N-methyl/N-ethyl adjacent to an activating group) is 6. The van der Waals surface area contributed by atoms with E-state index in [1.54, 1.807) is 20.8 Å². The highest BCUT2D eigenvalue weighted by Gasteiger charge is 2.57. The average molecular weight is 1640 g/mol. The molecular formula is C81H126F8N12O14. The second kappa shape index (κ2) is 40.6. The van der Waals surface area contributed by atoms with Crippen molar-refractivity contribution in [3.63, 3.8) is 0 Å². The van der Waals surface area contributed by atoms with E-state index < -0.39 is 230 Å². The van der Waals surface area contributed by atoms with Gasteiger partial charge in [-0.3, -0.25) is 57.5 Å². The zero-order valence-corrected chi connectivity index (χ0v) is 68.7. The molecular weight excluding hydrogens is 1520 g/mol. The van der Waals surface area contributed by atoms with Crippen molar-refractivity contribution in [2.45, 2.75) is 299 Å². The Morgan fingerprint density at radius 3 is 1.77 bits per heavy atom. The first-order valence-electron chi connectivity index (χ1n) is 42.4. The van der Waals surface area contributed by atoms with Crippen LogP contribution in [0.15, 0.2) is 0 Å². The third kappa shape index (κ3) is 22.5. The van der Waals surface area contributed by atoms with Crippen LogP contribution in [0.2, 0.25) is 0 Å². The quantitative estimate of drug-likeness (QED) is 0.141. The van der Waals surface area contributed by atoms with E-state index in [1.807, 2.05) is 6.92 Å². The summed E-state index contributed by atoms with van der Waals surface area (Å²) in [5.41, 5.74) is -1.70. The number of ether oxygens (including phenoxy) is 2. The molecule has 115 heavy (non-hydrogen) atoms.